The van der Waals surface area contributed by atoms with Crippen LogP contribution in [0, 0.1) is 0 Å². The Bertz CT molecular complexity index is 907. The standard InChI is InChI=1S/C21H23F3N2O2/c1-20(2)12-26(3)11-14-9-15(6-7-16(14)20)25-19(27)13-5-8-18(28-4)17(10-13)21(22,23)24/h5-10H,11-12H2,1-4H3,(H,25,27). The smallest absolute Gasteiger partial charge is 0.419 e. The number of amides is 1. The van der Waals surface area contributed by atoms with E-state index in [1.807, 2.05) is 19.2 Å². The van der Waals surface area contributed by atoms with Gasteiger partial charge in [0, 0.05) is 29.8 Å². The van der Waals surface area contributed by atoms with Crippen LogP contribution in [0.5, 0.6) is 5.75 Å². The molecule has 0 atom stereocenters. The van der Waals surface area contributed by atoms with Gasteiger partial charge in [-0.2, -0.15) is 13.2 Å². The molecule has 2 aromatic carbocycles. The third-order valence-electron chi connectivity index (χ3n) is 4.96. The number of anilines is 1. The average Bonchev–Trinajstić information content (AvgIpc) is 2.59. The number of rotatable bonds is 3. The topological polar surface area (TPSA) is 41.6 Å². The molecule has 1 aliphatic rings. The number of hydrogen-bond donors (Lipinski definition) is 1. The van der Waals surface area contributed by atoms with Crippen molar-refractivity contribution in [2.75, 3.05) is 26.0 Å². The van der Waals surface area contributed by atoms with E-state index in [4.69, 9.17) is 4.74 Å². The van der Waals surface area contributed by atoms with Gasteiger partial charge >= 0.3 is 6.18 Å². The molecular weight excluding hydrogens is 369 g/mol. The first-order chi connectivity index (χ1) is 13.0. The zero-order valence-electron chi connectivity index (χ0n) is 16.3. The fourth-order valence-corrected chi connectivity index (χ4v) is 3.84. The molecule has 1 heterocycles. The minimum absolute atomic E-state index is 0.0114. The van der Waals surface area contributed by atoms with E-state index in [2.05, 4.69) is 24.1 Å². The monoisotopic (exact) mass is 392 g/mol. The van der Waals surface area contributed by atoms with E-state index in [9.17, 15) is 18.0 Å². The number of benzene rings is 2. The van der Waals surface area contributed by atoms with Gasteiger partial charge in [0.15, 0.2) is 0 Å². The maximum absolute atomic E-state index is 13.2. The first-order valence-electron chi connectivity index (χ1n) is 8.90. The van der Waals surface area contributed by atoms with E-state index in [1.54, 1.807) is 6.07 Å². The summed E-state index contributed by atoms with van der Waals surface area (Å²) in [5.41, 5.74) is 1.80. The summed E-state index contributed by atoms with van der Waals surface area (Å²) < 4.78 is 44.3. The van der Waals surface area contributed by atoms with Crippen LogP contribution in [0.25, 0.3) is 0 Å². The Morgan fingerprint density at radius 1 is 1.18 bits per heavy atom. The highest BCUT2D eigenvalue weighted by atomic mass is 19.4. The number of ether oxygens (including phenoxy) is 1. The summed E-state index contributed by atoms with van der Waals surface area (Å²) in [5, 5.41) is 2.70. The lowest BCUT2D eigenvalue weighted by Gasteiger charge is -2.38. The molecule has 1 aliphatic heterocycles. The molecular formula is C21H23F3N2O2. The lowest BCUT2D eigenvalue weighted by Crippen LogP contribution is -2.39. The Balaban J connectivity index is 1.87. The molecule has 0 saturated carbocycles. The van der Waals surface area contributed by atoms with Gasteiger partial charge in [-0.15, -0.1) is 0 Å². The molecule has 0 unspecified atom stereocenters. The van der Waals surface area contributed by atoms with Crippen molar-refractivity contribution in [3.8, 4) is 5.75 Å². The summed E-state index contributed by atoms with van der Waals surface area (Å²) in [7, 11) is 3.20. The van der Waals surface area contributed by atoms with Crippen LogP contribution in [-0.4, -0.2) is 31.5 Å². The van der Waals surface area contributed by atoms with E-state index < -0.39 is 17.6 Å². The third kappa shape index (κ3) is 3.99. The van der Waals surface area contributed by atoms with Crippen LogP contribution in [0.3, 0.4) is 0 Å². The van der Waals surface area contributed by atoms with E-state index in [0.717, 1.165) is 37.9 Å². The van der Waals surface area contributed by atoms with Crippen LogP contribution in [0.15, 0.2) is 36.4 Å². The Morgan fingerprint density at radius 3 is 2.54 bits per heavy atom. The molecule has 0 bridgehead atoms. The largest absolute Gasteiger partial charge is 0.496 e. The van der Waals surface area contributed by atoms with Crippen molar-refractivity contribution < 1.29 is 22.7 Å². The number of methoxy groups -OCH3 is 1. The molecule has 3 rings (SSSR count). The van der Waals surface area contributed by atoms with Gasteiger partial charge in [-0.25, -0.2) is 0 Å². The number of fused-ring (bicyclic) bond motifs is 1. The fourth-order valence-electron chi connectivity index (χ4n) is 3.84. The zero-order chi connectivity index (χ0) is 20.7. The van der Waals surface area contributed by atoms with Gasteiger partial charge in [0.1, 0.15) is 5.75 Å². The maximum Gasteiger partial charge on any atom is 0.419 e. The number of alkyl halides is 3. The summed E-state index contributed by atoms with van der Waals surface area (Å²) in [6.45, 7) is 6.01. The predicted octanol–water partition coefficient (Wildman–Crippen LogP) is 4.69. The molecule has 7 heteroatoms. The second kappa shape index (κ2) is 7.13. The van der Waals surface area contributed by atoms with Gasteiger partial charge in [-0.3, -0.25) is 4.79 Å². The molecule has 0 aliphatic carbocycles. The van der Waals surface area contributed by atoms with Crippen LogP contribution in [0.4, 0.5) is 18.9 Å². The third-order valence-corrected chi connectivity index (χ3v) is 4.96. The highest BCUT2D eigenvalue weighted by Gasteiger charge is 2.35. The maximum atomic E-state index is 13.2. The average molecular weight is 392 g/mol. The summed E-state index contributed by atoms with van der Waals surface area (Å²) >= 11 is 0. The first-order valence-corrected chi connectivity index (χ1v) is 8.90. The van der Waals surface area contributed by atoms with Crippen LogP contribution < -0.4 is 10.1 Å². The Morgan fingerprint density at radius 2 is 1.89 bits per heavy atom. The minimum Gasteiger partial charge on any atom is -0.496 e. The summed E-state index contributed by atoms with van der Waals surface area (Å²) in [6, 6.07) is 8.94. The lowest BCUT2D eigenvalue weighted by molar-refractivity contribution is -0.138. The summed E-state index contributed by atoms with van der Waals surface area (Å²) in [4.78, 5) is 14.7. The molecule has 150 valence electrons. The van der Waals surface area contributed by atoms with Crippen LogP contribution in [0.1, 0.15) is 40.9 Å². The first kappa shape index (κ1) is 20.2. The van der Waals surface area contributed by atoms with E-state index in [-0.39, 0.29) is 16.7 Å². The molecule has 0 saturated heterocycles. The number of nitrogens with zero attached hydrogens (tertiary/aromatic N) is 1. The molecule has 0 fully saturated rings. The summed E-state index contributed by atoms with van der Waals surface area (Å²) in [6.07, 6.45) is -4.61. The molecule has 28 heavy (non-hydrogen) atoms. The van der Waals surface area contributed by atoms with Gasteiger partial charge < -0.3 is 15.0 Å². The normalized spacial score (nSPS) is 16.4. The van der Waals surface area contributed by atoms with Crippen LogP contribution >= 0.6 is 0 Å². The molecule has 4 nitrogen and oxygen atoms in total. The Kier molecular flexibility index (Phi) is 5.14. The van der Waals surface area contributed by atoms with Gasteiger partial charge in [0.2, 0.25) is 0 Å². The SMILES string of the molecule is COc1ccc(C(=O)Nc2ccc3c(c2)CN(C)CC3(C)C)cc1C(F)(F)F. The molecule has 2 aromatic rings. The predicted molar refractivity (Wildman–Crippen MR) is 102 cm³/mol. The van der Waals surface area contributed by atoms with E-state index >= 15 is 0 Å². The number of likely N-dealkylation sites (N-methyl/N-ethyl adjacent to an activating group) is 1. The number of hydrogen-bond acceptors (Lipinski definition) is 3. The van der Waals surface area contributed by atoms with Gasteiger partial charge in [-0.1, -0.05) is 19.9 Å². The van der Waals surface area contributed by atoms with Crippen molar-refractivity contribution in [1.29, 1.82) is 0 Å². The lowest BCUT2D eigenvalue weighted by atomic mass is 9.78. The summed E-state index contributed by atoms with van der Waals surface area (Å²) in [5.74, 6) is -0.917. The molecule has 1 amide bonds. The quantitative estimate of drug-likeness (QED) is 0.824. The fraction of sp³-hybridized carbons (Fsp3) is 0.381. The van der Waals surface area contributed by atoms with Crippen molar-refractivity contribution in [3.05, 3.63) is 58.7 Å². The number of carbonyl (C=O) groups excluding carboxylic acids is 1. The number of carbonyl (C=O) groups is 1. The highest BCUT2D eigenvalue weighted by Crippen LogP contribution is 2.37. The highest BCUT2D eigenvalue weighted by molar-refractivity contribution is 6.04. The van der Waals surface area contributed by atoms with Crippen molar-refractivity contribution in [2.24, 2.45) is 0 Å². The molecule has 0 radical (unpaired) electrons. The Hall–Kier alpha value is -2.54. The second-order valence-electron chi connectivity index (χ2n) is 7.80. The van der Waals surface area contributed by atoms with Crippen molar-refractivity contribution in [3.63, 3.8) is 0 Å². The minimum atomic E-state index is -4.61. The zero-order valence-corrected chi connectivity index (χ0v) is 16.3. The van der Waals surface area contributed by atoms with Gasteiger partial charge in [-0.05, 0) is 48.5 Å². The van der Waals surface area contributed by atoms with Gasteiger partial charge in [0.25, 0.3) is 5.91 Å². The molecule has 0 spiro atoms. The van der Waals surface area contributed by atoms with Crippen LogP contribution in [-0.2, 0) is 18.1 Å². The van der Waals surface area contributed by atoms with Crippen molar-refractivity contribution >= 4 is 11.6 Å². The van der Waals surface area contributed by atoms with E-state index in [1.165, 1.54) is 11.6 Å². The van der Waals surface area contributed by atoms with Crippen molar-refractivity contribution in [1.82, 2.24) is 4.90 Å². The number of halogens is 3. The van der Waals surface area contributed by atoms with Crippen molar-refractivity contribution in [2.45, 2.75) is 32.0 Å². The molecule has 0 aromatic heterocycles. The van der Waals surface area contributed by atoms with E-state index in [0.29, 0.717) is 5.69 Å². The molecule has 1 N–H and O–H groups in total. The van der Waals surface area contributed by atoms with Gasteiger partial charge in [0.05, 0.1) is 12.7 Å². The second-order valence-corrected chi connectivity index (χ2v) is 7.80. The van der Waals surface area contributed by atoms with Crippen LogP contribution in [0.2, 0.25) is 0 Å². The number of nitrogens with one attached hydrogen (secondary N) is 1. The Labute approximate surface area is 162 Å².